The summed E-state index contributed by atoms with van der Waals surface area (Å²) in [5.74, 6) is -0.143. The van der Waals surface area contributed by atoms with Crippen molar-refractivity contribution in [1.29, 1.82) is 0 Å². The van der Waals surface area contributed by atoms with E-state index < -0.39 is 17.2 Å². The zero-order valence-electron chi connectivity index (χ0n) is 19.4. The Morgan fingerprint density at radius 3 is 2.62 bits per heavy atom. The van der Waals surface area contributed by atoms with Gasteiger partial charge in [-0.3, -0.25) is 0 Å². The normalized spacial score (nSPS) is 21.7. The van der Waals surface area contributed by atoms with E-state index >= 15 is 0 Å². The number of aliphatic hydroxyl groups is 2. The van der Waals surface area contributed by atoms with Crippen LogP contribution in [0, 0.1) is 0 Å². The van der Waals surface area contributed by atoms with Gasteiger partial charge < -0.3 is 29.5 Å². The number of phenols is 1. The minimum Gasteiger partial charge on any atom is -0.507 e. The lowest BCUT2D eigenvalue weighted by molar-refractivity contribution is -0.131. The van der Waals surface area contributed by atoms with Gasteiger partial charge in [0.1, 0.15) is 34.5 Å². The number of carbonyl (C=O) groups is 1. The van der Waals surface area contributed by atoms with Crippen LogP contribution >= 0.6 is 0 Å². The third-order valence-corrected chi connectivity index (χ3v) is 6.16. The quantitative estimate of drug-likeness (QED) is 0.576. The van der Waals surface area contributed by atoms with E-state index in [2.05, 4.69) is 0 Å². The summed E-state index contributed by atoms with van der Waals surface area (Å²) >= 11 is 0. The topological polar surface area (TPSA) is 105 Å². The van der Waals surface area contributed by atoms with Crippen LogP contribution in [0.4, 0.5) is 0 Å². The smallest absolute Gasteiger partial charge is 0.348 e. The van der Waals surface area contributed by atoms with Crippen molar-refractivity contribution in [2.24, 2.45) is 0 Å². The number of esters is 1. The lowest BCUT2D eigenvalue weighted by Gasteiger charge is -2.28. The average molecular weight is 462 g/mol. The van der Waals surface area contributed by atoms with Crippen molar-refractivity contribution in [1.82, 2.24) is 0 Å². The van der Waals surface area contributed by atoms with Crippen LogP contribution in [0.2, 0.25) is 0 Å². The lowest BCUT2D eigenvalue weighted by Crippen LogP contribution is -2.39. The number of cyclic esters (lactones) is 1. The molecule has 3 aliphatic rings. The molecule has 2 aromatic rings. The van der Waals surface area contributed by atoms with E-state index in [0.29, 0.717) is 29.0 Å². The van der Waals surface area contributed by atoms with Gasteiger partial charge in [-0.1, -0.05) is 12.1 Å². The molecule has 3 N–H and O–H groups in total. The Kier molecular flexibility index (Phi) is 4.81. The van der Waals surface area contributed by atoms with Crippen molar-refractivity contribution in [3.8, 4) is 17.2 Å². The summed E-state index contributed by atoms with van der Waals surface area (Å²) in [6.45, 7) is 7.20. The van der Waals surface area contributed by atoms with Gasteiger partial charge in [0.05, 0.1) is 5.60 Å². The van der Waals surface area contributed by atoms with Crippen LogP contribution in [0.5, 0.6) is 17.2 Å². The molecule has 0 fully saturated rings. The fraction of sp³-hybridized carbons (Fsp3) is 0.296. The van der Waals surface area contributed by atoms with Gasteiger partial charge in [-0.05, 0) is 69.2 Å². The molecule has 0 bridgehead atoms. The molecule has 0 unspecified atom stereocenters. The van der Waals surface area contributed by atoms with Crippen molar-refractivity contribution >= 4 is 23.7 Å². The van der Waals surface area contributed by atoms with Gasteiger partial charge in [0.25, 0.3) is 0 Å². The molecule has 0 saturated carbocycles. The van der Waals surface area contributed by atoms with E-state index in [9.17, 15) is 20.1 Å². The second-order valence-corrected chi connectivity index (χ2v) is 9.90. The van der Waals surface area contributed by atoms with E-state index in [1.165, 1.54) is 6.07 Å². The van der Waals surface area contributed by atoms with Gasteiger partial charge in [0.15, 0.2) is 11.5 Å². The van der Waals surface area contributed by atoms with Gasteiger partial charge in [-0.25, -0.2) is 4.79 Å². The maximum atomic E-state index is 12.7. The molecule has 0 aromatic heterocycles. The number of hydrogen-bond acceptors (Lipinski definition) is 7. The van der Waals surface area contributed by atoms with Gasteiger partial charge >= 0.3 is 5.97 Å². The molecule has 34 heavy (non-hydrogen) atoms. The molecular formula is C27H26O7. The highest BCUT2D eigenvalue weighted by Crippen LogP contribution is 2.42. The average Bonchev–Trinajstić information content (AvgIpc) is 3.28. The predicted octanol–water partition coefficient (Wildman–Crippen LogP) is 4.52. The molecule has 0 spiro atoms. The molecule has 0 saturated heterocycles. The molecular weight excluding hydrogens is 436 g/mol. The molecule has 0 radical (unpaired) electrons. The van der Waals surface area contributed by atoms with E-state index in [0.717, 1.165) is 5.56 Å². The highest BCUT2D eigenvalue weighted by atomic mass is 16.6. The summed E-state index contributed by atoms with van der Waals surface area (Å²) < 4.78 is 17.0. The van der Waals surface area contributed by atoms with Crippen LogP contribution in [0.15, 0.2) is 47.9 Å². The zero-order valence-corrected chi connectivity index (χ0v) is 19.4. The Morgan fingerprint density at radius 2 is 1.88 bits per heavy atom. The maximum Gasteiger partial charge on any atom is 0.348 e. The summed E-state index contributed by atoms with van der Waals surface area (Å²) in [6, 6.07) is 8.46. The first-order chi connectivity index (χ1) is 15.9. The first-order valence-corrected chi connectivity index (χ1v) is 11.1. The minimum atomic E-state index is -0.985. The predicted molar refractivity (Wildman–Crippen MR) is 126 cm³/mol. The Balaban J connectivity index is 1.48. The monoisotopic (exact) mass is 462 g/mol. The molecule has 7 heteroatoms. The fourth-order valence-corrected chi connectivity index (χ4v) is 4.27. The van der Waals surface area contributed by atoms with Gasteiger partial charge in [0.2, 0.25) is 0 Å². The number of carbonyl (C=O) groups excluding carboxylic acids is 1. The number of phenolic OH excluding ortho intramolecular Hbond substituents is 1. The number of benzene rings is 2. The Hall–Kier alpha value is -3.71. The number of aliphatic hydroxyl groups excluding tert-OH is 1. The second-order valence-electron chi connectivity index (χ2n) is 9.90. The van der Waals surface area contributed by atoms with Crippen molar-refractivity contribution in [3.63, 3.8) is 0 Å². The van der Waals surface area contributed by atoms with Crippen LogP contribution in [0.1, 0.15) is 49.9 Å². The molecule has 176 valence electrons. The van der Waals surface area contributed by atoms with Crippen molar-refractivity contribution in [2.45, 2.75) is 51.4 Å². The maximum absolute atomic E-state index is 12.7. The van der Waals surface area contributed by atoms with Gasteiger partial charge in [-0.2, -0.15) is 0 Å². The van der Waals surface area contributed by atoms with Crippen molar-refractivity contribution in [3.05, 3.63) is 70.2 Å². The highest BCUT2D eigenvalue weighted by Gasteiger charge is 2.36. The van der Waals surface area contributed by atoms with Crippen LogP contribution in [-0.2, 0) is 16.0 Å². The van der Waals surface area contributed by atoms with Crippen LogP contribution in [-0.4, -0.2) is 38.6 Å². The van der Waals surface area contributed by atoms with Gasteiger partial charge in [0, 0.05) is 23.6 Å². The number of aromatic hydroxyl groups is 1. The van der Waals surface area contributed by atoms with E-state index in [4.69, 9.17) is 14.2 Å². The Bertz CT molecular complexity index is 1300. The highest BCUT2D eigenvalue weighted by molar-refractivity contribution is 6.21. The Morgan fingerprint density at radius 1 is 1.12 bits per heavy atom. The van der Waals surface area contributed by atoms with Crippen LogP contribution < -0.4 is 9.47 Å². The third-order valence-electron chi connectivity index (χ3n) is 6.16. The number of ether oxygens (including phenoxy) is 3. The number of hydrogen-bond donors (Lipinski definition) is 3. The molecule has 0 aliphatic carbocycles. The SMILES string of the molecule is CC1(C)C=Cc2cc(C3=C(O)/C(=C/c4ccc5c(c4)C[C@H](C(C)(C)O)O5)OC3=O)c(O)cc2O1. The summed E-state index contributed by atoms with van der Waals surface area (Å²) in [5, 5.41) is 31.7. The van der Waals surface area contributed by atoms with Crippen molar-refractivity contribution < 1.29 is 34.3 Å². The fourth-order valence-electron chi connectivity index (χ4n) is 4.27. The van der Waals surface area contributed by atoms with E-state index in [-0.39, 0.29) is 34.5 Å². The third kappa shape index (κ3) is 3.82. The molecule has 3 heterocycles. The summed E-state index contributed by atoms with van der Waals surface area (Å²) in [4.78, 5) is 12.7. The van der Waals surface area contributed by atoms with Crippen LogP contribution in [0.3, 0.4) is 0 Å². The first kappa shape index (κ1) is 22.1. The van der Waals surface area contributed by atoms with Crippen LogP contribution in [0.25, 0.3) is 17.7 Å². The summed E-state index contributed by atoms with van der Waals surface area (Å²) in [5.41, 5.74) is 0.834. The number of rotatable bonds is 3. The molecule has 1 atom stereocenters. The second kappa shape index (κ2) is 7.40. The largest absolute Gasteiger partial charge is 0.507 e. The number of fused-ring (bicyclic) bond motifs is 2. The molecule has 7 nitrogen and oxygen atoms in total. The summed E-state index contributed by atoms with van der Waals surface area (Å²) in [6.07, 6.45) is 5.47. The Labute approximate surface area is 197 Å². The standard InChI is InChI=1S/C27H26O7/c1-26(2)8-7-15-11-17(18(28)13-20(15)34-26)23-24(29)21(33-25(23)30)10-14-5-6-19-16(9-14)12-22(32-19)27(3,4)31/h5-11,13,22,28-29,31H,12H2,1-4H3/b21-10-/t22-/m1/s1. The molecule has 2 aromatic carbocycles. The van der Waals surface area contributed by atoms with Crippen molar-refractivity contribution in [2.75, 3.05) is 0 Å². The molecule has 0 amide bonds. The minimum absolute atomic E-state index is 0.0112. The molecule has 3 aliphatic heterocycles. The van der Waals surface area contributed by atoms with Gasteiger partial charge in [-0.15, -0.1) is 0 Å². The zero-order chi connectivity index (χ0) is 24.4. The molecule has 5 rings (SSSR count). The van der Waals surface area contributed by atoms with E-state index in [1.807, 2.05) is 32.1 Å². The summed E-state index contributed by atoms with van der Waals surface area (Å²) in [7, 11) is 0. The first-order valence-electron chi connectivity index (χ1n) is 11.1. The lowest BCUT2D eigenvalue weighted by atomic mass is 9.96. The van der Waals surface area contributed by atoms with E-state index in [1.54, 1.807) is 38.1 Å².